The summed E-state index contributed by atoms with van der Waals surface area (Å²) in [4.78, 5) is 0. The van der Waals surface area contributed by atoms with Crippen LogP contribution >= 0.6 is 22.9 Å². The van der Waals surface area contributed by atoms with Gasteiger partial charge in [-0.3, -0.25) is 0 Å². The van der Waals surface area contributed by atoms with Gasteiger partial charge >= 0.3 is 0 Å². The lowest BCUT2D eigenvalue weighted by molar-refractivity contribution is 0.414. The molecule has 0 bridgehead atoms. The summed E-state index contributed by atoms with van der Waals surface area (Å²) in [5, 5.41) is 0. The van der Waals surface area contributed by atoms with Gasteiger partial charge < -0.3 is 7.85 Å². The van der Waals surface area contributed by atoms with Crippen LogP contribution in [0.15, 0.2) is 60.7 Å². The van der Waals surface area contributed by atoms with Crippen LogP contribution in [0.3, 0.4) is 0 Å². The summed E-state index contributed by atoms with van der Waals surface area (Å²) in [6.07, 6.45) is 3.36. The third-order valence-electron chi connectivity index (χ3n) is 3.61. The van der Waals surface area contributed by atoms with Gasteiger partial charge in [0.2, 0.25) is 0 Å². The van der Waals surface area contributed by atoms with E-state index in [2.05, 4.69) is 74.5 Å². The van der Waals surface area contributed by atoms with Crippen molar-refractivity contribution in [2.24, 2.45) is 0 Å². The molecule has 0 saturated carbocycles. The van der Waals surface area contributed by atoms with Crippen LogP contribution < -0.4 is 4.74 Å². The molecule has 20 heavy (non-hydrogen) atoms. The average Bonchev–Trinajstić information content (AvgIpc) is 2.90. The fourth-order valence-electron chi connectivity index (χ4n) is 2.52. The molecule has 2 aromatic rings. The predicted octanol–water partition coefficient (Wildman–Crippen LogP) is 4.83. The fourth-order valence-corrected chi connectivity index (χ4v) is 3.54. The number of benzene rings is 2. The molecule has 0 N–H and O–H groups in total. The second-order valence-corrected chi connectivity index (χ2v) is 5.83. The van der Waals surface area contributed by atoms with E-state index in [0.29, 0.717) is 6.04 Å². The van der Waals surface area contributed by atoms with Crippen molar-refractivity contribution in [2.75, 3.05) is 7.11 Å². The van der Waals surface area contributed by atoms with Crippen LogP contribution in [0.4, 0.5) is 0 Å². The Morgan fingerprint density at radius 1 is 1.05 bits per heavy atom. The van der Waals surface area contributed by atoms with Crippen molar-refractivity contribution in [1.29, 1.82) is 0 Å². The summed E-state index contributed by atoms with van der Waals surface area (Å²) in [6, 6.07) is 19.3. The van der Waals surface area contributed by atoms with Gasteiger partial charge in [-0.1, -0.05) is 36.4 Å². The van der Waals surface area contributed by atoms with Crippen molar-refractivity contribution in [3.63, 3.8) is 0 Å². The highest BCUT2D eigenvalue weighted by atomic mass is 127. The maximum Gasteiger partial charge on any atom is 0.118 e. The minimum absolute atomic E-state index is 0.425. The van der Waals surface area contributed by atoms with E-state index in [1.165, 1.54) is 16.8 Å². The maximum absolute atomic E-state index is 5.21. The van der Waals surface area contributed by atoms with Gasteiger partial charge in [-0.2, -0.15) is 0 Å². The molecule has 3 heteroatoms. The summed E-state index contributed by atoms with van der Waals surface area (Å²) in [5.74, 6) is 0.895. The maximum atomic E-state index is 5.21. The first-order valence-corrected chi connectivity index (χ1v) is 7.60. The third-order valence-corrected chi connectivity index (χ3v) is 4.80. The number of ether oxygens (including phenoxy) is 1. The Morgan fingerprint density at radius 3 is 2.40 bits per heavy atom. The monoisotopic (exact) mass is 377 g/mol. The average molecular weight is 377 g/mol. The van der Waals surface area contributed by atoms with Crippen molar-refractivity contribution in [1.82, 2.24) is 3.11 Å². The second-order valence-electron chi connectivity index (χ2n) is 4.79. The molecule has 0 spiro atoms. The third kappa shape index (κ3) is 2.54. The van der Waals surface area contributed by atoms with E-state index in [-0.39, 0.29) is 0 Å². The topological polar surface area (TPSA) is 12.5 Å². The van der Waals surface area contributed by atoms with E-state index in [0.717, 1.165) is 12.2 Å². The molecule has 1 unspecified atom stereocenters. The van der Waals surface area contributed by atoms with Gasteiger partial charge in [-0.25, -0.2) is 0 Å². The second kappa shape index (κ2) is 5.87. The Morgan fingerprint density at radius 2 is 1.75 bits per heavy atom. The van der Waals surface area contributed by atoms with Gasteiger partial charge in [0.25, 0.3) is 0 Å². The SMILES string of the molecule is COc1ccc(C2=CCC(c3ccccc3)N2I)cc1. The Labute approximate surface area is 133 Å². The number of nitrogens with zero attached hydrogens (tertiary/aromatic N) is 1. The molecule has 0 saturated heterocycles. The van der Waals surface area contributed by atoms with Crippen molar-refractivity contribution < 1.29 is 4.74 Å². The van der Waals surface area contributed by atoms with Crippen LogP contribution in [0.1, 0.15) is 23.6 Å². The zero-order valence-corrected chi connectivity index (χ0v) is 13.4. The molecular formula is C17H16INO. The highest BCUT2D eigenvalue weighted by Crippen LogP contribution is 2.41. The van der Waals surface area contributed by atoms with E-state index in [4.69, 9.17) is 4.74 Å². The Hall–Kier alpha value is -1.49. The first kappa shape index (κ1) is 13.5. The molecule has 1 heterocycles. The molecule has 1 atom stereocenters. The molecular weight excluding hydrogens is 361 g/mol. The first-order chi connectivity index (χ1) is 9.79. The summed E-state index contributed by atoms with van der Waals surface area (Å²) < 4.78 is 7.54. The van der Waals surface area contributed by atoms with E-state index in [9.17, 15) is 0 Å². The van der Waals surface area contributed by atoms with Gasteiger partial charge in [0, 0.05) is 5.70 Å². The Bertz CT molecular complexity index is 607. The quantitative estimate of drug-likeness (QED) is 0.561. The van der Waals surface area contributed by atoms with Crippen LogP contribution in [-0.4, -0.2) is 10.2 Å². The molecule has 3 rings (SSSR count). The standard InChI is InChI=1S/C17H16INO/c1-20-15-9-7-14(8-10-15)17-12-11-16(19(17)18)13-5-3-2-4-6-13/h2-10,12,16H,11H2,1H3. The van der Waals surface area contributed by atoms with Gasteiger partial charge in [0.05, 0.1) is 36.0 Å². The van der Waals surface area contributed by atoms with Gasteiger partial charge in [0.1, 0.15) is 5.75 Å². The first-order valence-electron chi connectivity index (χ1n) is 6.64. The number of rotatable bonds is 3. The van der Waals surface area contributed by atoms with E-state index in [1.54, 1.807) is 7.11 Å². The summed E-state index contributed by atoms with van der Waals surface area (Å²) >= 11 is 2.41. The van der Waals surface area contributed by atoms with Crippen molar-refractivity contribution in [2.45, 2.75) is 12.5 Å². The number of halogens is 1. The molecule has 2 nitrogen and oxygen atoms in total. The minimum atomic E-state index is 0.425. The molecule has 2 aromatic carbocycles. The van der Waals surface area contributed by atoms with E-state index >= 15 is 0 Å². The van der Waals surface area contributed by atoms with Crippen LogP contribution in [0.25, 0.3) is 5.70 Å². The van der Waals surface area contributed by atoms with E-state index < -0.39 is 0 Å². The smallest absolute Gasteiger partial charge is 0.118 e. The summed E-state index contributed by atoms with van der Waals surface area (Å²) in [7, 11) is 1.69. The van der Waals surface area contributed by atoms with Crippen molar-refractivity contribution >= 4 is 28.6 Å². The van der Waals surface area contributed by atoms with Crippen LogP contribution in [-0.2, 0) is 0 Å². The Balaban J connectivity index is 1.82. The zero-order chi connectivity index (χ0) is 13.9. The molecule has 0 radical (unpaired) electrons. The van der Waals surface area contributed by atoms with E-state index in [1.807, 2.05) is 12.1 Å². The number of hydrogen-bond donors (Lipinski definition) is 0. The molecule has 1 aliphatic rings. The molecule has 0 amide bonds. The van der Waals surface area contributed by atoms with Crippen molar-refractivity contribution in [3.05, 3.63) is 71.8 Å². The molecule has 1 aliphatic heterocycles. The summed E-state index contributed by atoms with van der Waals surface area (Å²) in [6.45, 7) is 0. The normalized spacial score (nSPS) is 18.0. The lowest BCUT2D eigenvalue weighted by Gasteiger charge is -2.23. The summed E-state index contributed by atoms with van der Waals surface area (Å²) in [5.41, 5.74) is 3.88. The minimum Gasteiger partial charge on any atom is -0.497 e. The highest BCUT2D eigenvalue weighted by Gasteiger charge is 2.26. The van der Waals surface area contributed by atoms with Gasteiger partial charge in [0.15, 0.2) is 0 Å². The zero-order valence-electron chi connectivity index (χ0n) is 11.3. The van der Waals surface area contributed by atoms with Crippen LogP contribution in [0.2, 0.25) is 0 Å². The molecule has 0 fully saturated rings. The lowest BCUT2D eigenvalue weighted by Crippen LogP contribution is -2.11. The van der Waals surface area contributed by atoms with Gasteiger partial charge in [-0.05, 0) is 41.8 Å². The molecule has 102 valence electrons. The highest BCUT2D eigenvalue weighted by molar-refractivity contribution is 14.1. The fraction of sp³-hybridized carbons (Fsp3) is 0.176. The van der Waals surface area contributed by atoms with Crippen LogP contribution in [0, 0.1) is 0 Å². The van der Waals surface area contributed by atoms with Gasteiger partial charge in [-0.15, -0.1) is 0 Å². The van der Waals surface area contributed by atoms with Crippen LogP contribution in [0.5, 0.6) is 5.75 Å². The number of hydrogen-bond acceptors (Lipinski definition) is 2. The predicted molar refractivity (Wildman–Crippen MR) is 90.6 cm³/mol. The molecule has 0 aromatic heterocycles. The number of methoxy groups -OCH3 is 1. The Kier molecular flexibility index (Phi) is 3.96. The van der Waals surface area contributed by atoms with Crippen molar-refractivity contribution in [3.8, 4) is 5.75 Å². The largest absolute Gasteiger partial charge is 0.497 e. The lowest BCUT2D eigenvalue weighted by atomic mass is 10.1. The molecule has 0 aliphatic carbocycles.